The van der Waals surface area contributed by atoms with E-state index in [0.29, 0.717) is 13.1 Å². The van der Waals surface area contributed by atoms with Crippen LogP contribution in [0.5, 0.6) is 0 Å². The number of fused-ring (bicyclic) bond motifs is 1. The van der Waals surface area contributed by atoms with Crippen LogP contribution in [0.4, 0.5) is 5.82 Å². The second-order valence-corrected chi connectivity index (χ2v) is 9.62. The number of amides is 1. The molecule has 3 heterocycles. The van der Waals surface area contributed by atoms with Crippen LogP contribution in [-0.4, -0.2) is 58.4 Å². The highest BCUT2D eigenvalue weighted by Gasteiger charge is 2.28. The molecule has 0 radical (unpaired) electrons. The number of piperazine rings is 1. The molecule has 2 aromatic heterocycles. The van der Waals surface area contributed by atoms with Crippen molar-refractivity contribution < 1.29 is 4.79 Å². The van der Waals surface area contributed by atoms with Gasteiger partial charge in [-0.2, -0.15) is 0 Å². The van der Waals surface area contributed by atoms with Crippen molar-refractivity contribution >= 4 is 33.3 Å². The zero-order valence-corrected chi connectivity index (χ0v) is 20.2. The molecule has 0 unspecified atom stereocenters. The van der Waals surface area contributed by atoms with Crippen molar-refractivity contribution in [3.8, 4) is 0 Å². The number of hydrogen-bond acceptors (Lipinski definition) is 6. The fourth-order valence-corrected chi connectivity index (χ4v) is 5.54. The van der Waals surface area contributed by atoms with E-state index in [4.69, 9.17) is 0 Å². The number of thiophene rings is 1. The van der Waals surface area contributed by atoms with Gasteiger partial charge in [0.15, 0.2) is 0 Å². The maximum Gasteiger partial charge on any atom is 0.242 e. The average molecular weight is 472 g/mol. The van der Waals surface area contributed by atoms with Gasteiger partial charge in [0.2, 0.25) is 5.91 Å². The Morgan fingerprint density at radius 1 is 0.971 bits per heavy atom. The Kier molecular flexibility index (Phi) is 6.83. The lowest BCUT2D eigenvalue weighted by Crippen LogP contribution is -2.51. The van der Waals surface area contributed by atoms with Crippen molar-refractivity contribution in [3.05, 3.63) is 89.1 Å². The number of aromatic nitrogens is 2. The Morgan fingerprint density at radius 2 is 1.62 bits per heavy atom. The zero-order chi connectivity index (χ0) is 23.3. The standard InChI is InChI=1S/C27H29N5OS/c1-2-22-17-23-26(29-19-30-27(23)34-22)28-18-24(33)31-13-15-32(16-14-31)25(20-9-5-3-6-10-20)21-11-7-4-8-12-21/h3-12,17,19,25H,2,13-16,18H2,1H3,(H,28,29,30). The summed E-state index contributed by atoms with van der Waals surface area (Å²) in [6.07, 6.45) is 2.54. The highest BCUT2D eigenvalue weighted by Crippen LogP contribution is 2.30. The van der Waals surface area contributed by atoms with E-state index in [1.165, 1.54) is 16.0 Å². The SMILES string of the molecule is CCc1cc2c(NCC(=O)N3CCN(C(c4ccccc4)c4ccccc4)CC3)ncnc2s1. The molecular weight excluding hydrogens is 442 g/mol. The number of carbonyl (C=O) groups excluding carboxylic acids is 1. The van der Waals surface area contributed by atoms with Gasteiger partial charge >= 0.3 is 0 Å². The molecule has 1 saturated heterocycles. The molecule has 1 N–H and O–H groups in total. The summed E-state index contributed by atoms with van der Waals surface area (Å²) in [6, 6.07) is 23.6. The van der Waals surface area contributed by atoms with Crippen molar-refractivity contribution in [1.82, 2.24) is 19.8 Å². The molecule has 7 heteroatoms. The van der Waals surface area contributed by atoms with E-state index in [-0.39, 0.29) is 18.5 Å². The van der Waals surface area contributed by atoms with E-state index >= 15 is 0 Å². The number of nitrogens with one attached hydrogen (secondary N) is 1. The Hall–Kier alpha value is -3.29. The van der Waals surface area contributed by atoms with E-state index in [0.717, 1.165) is 35.5 Å². The van der Waals surface area contributed by atoms with Crippen LogP contribution in [0.3, 0.4) is 0 Å². The molecule has 1 fully saturated rings. The number of benzene rings is 2. The Labute approximate surface area is 204 Å². The number of aryl methyl sites for hydroxylation is 1. The maximum atomic E-state index is 13.0. The van der Waals surface area contributed by atoms with E-state index in [1.807, 2.05) is 4.90 Å². The summed E-state index contributed by atoms with van der Waals surface area (Å²) in [7, 11) is 0. The van der Waals surface area contributed by atoms with Gasteiger partial charge in [-0.1, -0.05) is 67.6 Å². The van der Waals surface area contributed by atoms with Gasteiger partial charge in [0.1, 0.15) is 17.0 Å². The molecule has 1 aliphatic rings. The van der Waals surface area contributed by atoms with Crippen LogP contribution >= 0.6 is 11.3 Å². The van der Waals surface area contributed by atoms with Crippen LogP contribution in [0.1, 0.15) is 29.0 Å². The summed E-state index contributed by atoms with van der Waals surface area (Å²) < 4.78 is 0. The van der Waals surface area contributed by atoms with Crippen molar-refractivity contribution in [2.45, 2.75) is 19.4 Å². The Balaban J connectivity index is 1.23. The van der Waals surface area contributed by atoms with E-state index in [9.17, 15) is 4.79 Å². The van der Waals surface area contributed by atoms with Crippen LogP contribution in [0.25, 0.3) is 10.2 Å². The minimum absolute atomic E-state index is 0.105. The summed E-state index contributed by atoms with van der Waals surface area (Å²) in [6.45, 7) is 5.48. The number of anilines is 1. The van der Waals surface area contributed by atoms with Crippen molar-refractivity contribution in [2.24, 2.45) is 0 Å². The largest absolute Gasteiger partial charge is 0.360 e. The third kappa shape index (κ3) is 4.81. The molecule has 0 bridgehead atoms. The number of carbonyl (C=O) groups is 1. The zero-order valence-electron chi connectivity index (χ0n) is 19.4. The molecule has 34 heavy (non-hydrogen) atoms. The van der Waals surface area contributed by atoms with Gasteiger partial charge in [0, 0.05) is 31.1 Å². The molecular formula is C27H29N5OS. The molecule has 4 aromatic rings. The first-order valence-electron chi connectivity index (χ1n) is 11.8. The summed E-state index contributed by atoms with van der Waals surface area (Å²) >= 11 is 1.68. The fraction of sp³-hybridized carbons (Fsp3) is 0.296. The molecule has 1 aliphatic heterocycles. The quantitative estimate of drug-likeness (QED) is 0.427. The van der Waals surface area contributed by atoms with Gasteiger partial charge in [-0.15, -0.1) is 11.3 Å². The lowest BCUT2D eigenvalue weighted by molar-refractivity contribution is -0.131. The lowest BCUT2D eigenvalue weighted by atomic mass is 9.96. The first-order chi connectivity index (χ1) is 16.7. The molecule has 6 nitrogen and oxygen atoms in total. The van der Waals surface area contributed by atoms with E-state index in [1.54, 1.807) is 17.7 Å². The third-order valence-corrected chi connectivity index (χ3v) is 7.59. The third-order valence-electron chi connectivity index (χ3n) is 6.40. The number of rotatable bonds is 7. The topological polar surface area (TPSA) is 61.4 Å². The Bertz CT molecular complexity index is 1200. The molecule has 1 amide bonds. The van der Waals surface area contributed by atoms with Gasteiger partial charge in [0.05, 0.1) is 18.0 Å². The minimum Gasteiger partial charge on any atom is -0.360 e. The predicted molar refractivity (Wildman–Crippen MR) is 138 cm³/mol. The van der Waals surface area contributed by atoms with Crippen molar-refractivity contribution in [2.75, 3.05) is 38.0 Å². The molecule has 0 saturated carbocycles. The molecule has 0 aliphatic carbocycles. The molecule has 0 spiro atoms. The molecule has 2 aromatic carbocycles. The average Bonchev–Trinajstić information content (AvgIpc) is 3.33. The van der Waals surface area contributed by atoms with Crippen LogP contribution in [0.2, 0.25) is 0 Å². The second kappa shape index (κ2) is 10.3. The first-order valence-corrected chi connectivity index (χ1v) is 12.6. The van der Waals surface area contributed by atoms with Gasteiger partial charge in [-0.25, -0.2) is 9.97 Å². The Morgan fingerprint density at radius 3 is 2.24 bits per heavy atom. The van der Waals surface area contributed by atoms with Gasteiger partial charge in [-0.3, -0.25) is 9.69 Å². The van der Waals surface area contributed by atoms with Crippen LogP contribution in [-0.2, 0) is 11.2 Å². The fourth-order valence-electron chi connectivity index (χ4n) is 4.61. The summed E-state index contributed by atoms with van der Waals surface area (Å²) in [5.41, 5.74) is 2.57. The highest BCUT2D eigenvalue weighted by molar-refractivity contribution is 7.18. The molecule has 5 rings (SSSR count). The predicted octanol–water partition coefficient (Wildman–Crippen LogP) is 4.60. The first kappa shape index (κ1) is 22.5. The monoisotopic (exact) mass is 471 g/mol. The van der Waals surface area contributed by atoms with Crippen LogP contribution in [0, 0.1) is 0 Å². The van der Waals surface area contributed by atoms with Crippen molar-refractivity contribution in [1.29, 1.82) is 0 Å². The van der Waals surface area contributed by atoms with Crippen LogP contribution in [0.15, 0.2) is 73.1 Å². The minimum atomic E-state index is 0.105. The summed E-state index contributed by atoms with van der Waals surface area (Å²) in [5, 5.41) is 4.25. The number of hydrogen-bond donors (Lipinski definition) is 1. The highest BCUT2D eigenvalue weighted by atomic mass is 32.1. The molecule has 174 valence electrons. The van der Waals surface area contributed by atoms with Gasteiger partial charge in [-0.05, 0) is 23.6 Å². The van der Waals surface area contributed by atoms with E-state index < -0.39 is 0 Å². The number of nitrogens with zero attached hydrogens (tertiary/aromatic N) is 4. The van der Waals surface area contributed by atoms with Gasteiger partial charge < -0.3 is 10.2 Å². The summed E-state index contributed by atoms with van der Waals surface area (Å²) in [4.78, 5) is 28.4. The molecule has 0 atom stereocenters. The van der Waals surface area contributed by atoms with Crippen molar-refractivity contribution in [3.63, 3.8) is 0 Å². The van der Waals surface area contributed by atoms with E-state index in [2.05, 4.69) is 93.8 Å². The lowest BCUT2D eigenvalue weighted by Gasteiger charge is -2.39. The summed E-state index contributed by atoms with van der Waals surface area (Å²) in [5.74, 6) is 0.842. The normalized spacial score (nSPS) is 14.6. The second-order valence-electron chi connectivity index (χ2n) is 8.50. The van der Waals surface area contributed by atoms with Gasteiger partial charge in [0.25, 0.3) is 0 Å². The van der Waals surface area contributed by atoms with Crippen LogP contribution < -0.4 is 5.32 Å². The maximum absolute atomic E-state index is 13.0. The smallest absolute Gasteiger partial charge is 0.242 e.